The lowest BCUT2D eigenvalue weighted by Gasteiger charge is -2.33. The number of benzene rings is 2. The van der Waals surface area contributed by atoms with Crippen LogP contribution in [0.2, 0.25) is 0 Å². The van der Waals surface area contributed by atoms with E-state index in [1.807, 2.05) is 0 Å². The fraction of sp³-hybridized carbons (Fsp3) is 0.300. The molecular weight excluding hydrogens is 288 g/mol. The minimum atomic E-state index is -0.658. The molecule has 0 aliphatic carbocycles. The van der Waals surface area contributed by atoms with Crippen LogP contribution in [0.15, 0.2) is 60.7 Å². The van der Waals surface area contributed by atoms with E-state index in [9.17, 15) is 4.21 Å². The van der Waals surface area contributed by atoms with Gasteiger partial charge in [-0.25, -0.2) is 0 Å². The van der Waals surface area contributed by atoms with Crippen molar-refractivity contribution in [2.24, 2.45) is 0 Å². The van der Waals surface area contributed by atoms with Gasteiger partial charge in [-0.3, -0.25) is 4.21 Å². The second kappa shape index (κ2) is 5.85. The average Bonchev–Trinajstić information content (AvgIpc) is 2.55. The molecule has 1 saturated heterocycles. The second-order valence-corrected chi connectivity index (χ2v) is 8.16. The van der Waals surface area contributed by atoms with Gasteiger partial charge in [0.05, 0.1) is 5.25 Å². The Morgan fingerprint density at radius 1 is 0.864 bits per heavy atom. The molecule has 2 heterocycles. The summed E-state index contributed by atoms with van der Waals surface area (Å²) in [6, 6.07) is 19.2. The average molecular weight is 308 g/mol. The highest BCUT2D eigenvalue weighted by Gasteiger charge is 2.33. The van der Waals surface area contributed by atoms with Gasteiger partial charge in [-0.15, -0.1) is 0 Å². The zero-order valence-corrected chi connectivity index (χ0v) is 13.4. The lowest BCUT2D eigenvalue weighted by atomic mass is 9.88. The van der Waals surface area contributed by atoms with Gasteiger partial charge in [0.1, 0.15) is 0 Å². The standard InChI is InChI=1S/C20H20OS/c21-22-17-9-6-10-18(22)14-16(13-17)20-12-5-4-11-19(20)15-7-2-1-3-8-15/h1-5,7-8,11-13,17-18H,6,9-10,14H2. The van der Waals surface area contributed by atoms with Gasteiger partial charge in [0.15, 0.2) is 0 Å². The van der Waals surface area contributed by atoms with E-state index < -0.39 is 10.8 Å². The Balaban J connectivity index is 1.79. The topological polar surface area (TPSA) is 17.1 Å². The minimum Gasteiger partial charge on any atom is -0.259 e. The van der Waals surface area contributed by atoms with Crippen molar-refractivity contribution < 1.29 is 4.21 Å². The largest absolute Gasteiger partial charge is 0.259 e. The van der Waals surface area contributed by atoms with Crippen LogP contribution in [0.5, 0.6) is 0 Å². The molecule has 3 unspecified atom stereocenters. The van der Waals surface area contributed by atoms with Crippen molar-refractivity contribution in [3.63, 3.8) is 0 Å². The Bertz CT molecular complexity index is 732. The van der Waals surface area contributed by atoms with E-state index in [0.717, 1.165) is 19.3 Å². The van der Waals surface area contributed by atoms with Crippen molar-refractivity contribution in [2.45, 2.75) is 36.2 Å². The molecule has 2 bridgehead atoms. The Kier molecular flexibility index (Phi) is 3.71. The van der Waals surface area contributed by atoms with Crippen molar-refractivity contribution >= 4 is 16.4 Å². The summed E-state index contributed by atoms with van der Waals surface area (Å²) in [5.41, 5.74) is 5.27. The van der Waals surface area contributed by atoms with Crippen molar-refractivity contribution in [1.82, 2.24) is 0 Å². The minimum absolute atomic E-state index is 0.270. The van der Waals surface area contributed by atoms with Crippen LogP contribution in [0.1, 0.15) is 31.2 Å². The molecule has 3 atom stereocenters. The molecule has 2 aromatic rings. The van der Waals surface area contributed by atoms with Crippen LogP contribution in [0.4, 0.5) is 0 Å². The molecule has 0 spiro atoms. The highest BCUT2D eigenvalue weighted by molar-refractivity contribution is 7.86. The van der Waals surface area contributed by atoms with Crippen LogP contribution in [-0.2, 0) is 10.8 Å². The molecule has 1 fully saturated rings. The Labute approximate surface area is 134 Å². The summed E-state index contributed by atoms with van der Waals surface area (Å²) in [4.78, 5) is 0. The normalized spacial score (nSPS) is 27.3. The molecule has 112 valence electrons. The molecule has 0 saturated carbocycles. The molecule has 0 amide bonds. The van der Waals surface area contributed by atoms with E-state index >= 15 is 0 Å². The zero-order valence-electron chi connectivity index (χ0n) is 12.6. The number of hydrogen-bond acceptors (Lipinski definition) is 1. The Morgan fingerprint density at radius 2 is 1.59 bits per heavy atom. The summed E-state index contributed by atoms with van der Waals surface area (Å²) in [5, 5.41) is 0.633. The summed E-state index contributed by atoms with van der Waals surface area (Å²) in [7, 11) is -0.658. The van der Waals surface area contributed by atoms with Gasteiger partial charge < -0.3 is 0 Å². The first-order chi connectivity index (χ1) is 10.8. The maximum Gasteiger partial charge on any atom is 0.0536 e. The highest BCUT2D eigenvalue weighted by Crippen LogP contribution is 2.39. The van der Waals surface area contributed by atoms with Crippen molar-refractivity contribution in [1.29, 1.82) is 0 Å². The summed E-state index contributed by atoms with van der Waals surface area (Å²) >= 11 is 0. The van der Waals surface area contributed by atoms with Gasteiger partial charge >= 0.3 is 0 Å². The quantitative estimate of drug-likeness (QED) is 0.778. The molecule has 2 heteroatoms. The van der Waals surface area contributed by atoms with Gasteiger partial charge in [0.2, 0.25) is 0 Å². The number of allylic oxidation sites excluding steroid dienone is 1. The first-order valence-corrected chi connectivity index (χ1v) is 9.35. The van der Waals surface area contributed by atoms with Crippen LogP contribution >= 0.6 is 0 Å². The molecule has 0 radical (unpaired) electrons. The molecular formula is C20H20OS. The van der Waals surface area contributed by atoms with Crippen LogP contribution in [0.25, 0.3) is 16.7 Å². The molecule has 22 heavy (non-hydrogen) atoms. The summed E-state index contributed by atoms with van der Waals surface area (Å²) in [6.45, 7) is 0. The molecule has 2 aromatic carbocycles. The fourth-order valence-electron chi connectivity index (χ4n) is 3.73. The lowest BCUT2D eigenvalue weighted by Crippen LogP contribution is -2.33. The van der Waals surface area contributed by atoms with E-state index in [1.54, 1.807) is 0 Å². The third kappa shape index (κ3) is 2.46. The van der Waals surface area contributed by atoms with E-state index in [0.29, 0.717) is 5.25 Å². The SMILES string of the molecule is O=S1C2C=C(c3ccccc3-c3ccccc3)CC1CCC2. The molecule has 2 aliphatic heterocycles. The third-order valence-electron chi connectivity index (χ3n) is 4.83. The smallest absolute Gasteiger partial charge is 0.0536 e. The molecule has 2 aliphatic rings. The fourth-order valence-corrected chi connectivity index (χ4v) is 5.67. The van der Waals surface area contributed by atoms with Gasteiger partial charge in [-0.2, -0.15) is 0 Å². The van der Waals surface area contributed by atoms with Gasteiger partial charge in [0.25, 0.3) is 0 Å². The lowest BCUT2D eigenvalue weighted by molar-refractivity contribution is 0.579. The first kappa shape index (κ1) is 14.0. The van der Waals surface area contributed by atoms with Crippen LogP contribution in [-0.4, -0.2) is 14.7 Å². The summed E-state index contributed by atoms with van der Waals surface area (Å²) < 4.78 is 12.4. The van der Waals surface area contributed by atoms with Crippen LogP contribution in [0.3, 0.4) is 0 Å². The van der Waals surface area contributed by atoms with E-state index in [1.165, 1.54) is 28.7 Å². The van der Waals surface area contributed by atoms with E-state index in [2.05, 4.69) is 60.7 Å². The number of hydrogen-bond donors (Lipinski definition) is 0. The van der Waals surface area contributed by atoms with Crippen molar-refractivity contribution in [3.8, 4) is 11.1 Å². The number of fused-ring (bicyclic) bond motifs is 2. The van der Waals surface area contributed by atoms with E-state index in [4.69, 9.17) is 0 Å². The van der Waals surface area contributed by atoms with Gasteiger partial charge in [0, 0.05) is 16.0 Å². The second-order valence-electron chi connectivity index (χ2n) is 6.23. The maximum atomic E-state index is 12.4. The zero-order chi connectivity index (χ0) is 14.9. The Morgan fingerprint density at radius 3 is 2.36 bits per heavy atom. The van der Waals surface area contributed by atoms with Crippen molar-refractivity contribution in [3.05, 3.63) is 66.2 Å². The predicted molar refractivity (Wildman–Crippen MR) is 94.0 cm³/mol. The van der Waals surface area contributed by atoms with Crippen LogP contribution in [0, 0.1) is 0 Å². The third-order valence-corrected chi connectivity index (χ3v) is 6.86. The highest BCUT2D eigenvalue weighted by atomic mass is 32.2. The predicted octanol–water partition coefficient (Wildman–Crippen LogP) is 4.81. The molecule has 0 N–H and O–H groups in total. The van der Waals surface area contributed by atoms with Gasteiger partial charge in [-0.05, 0) is 41.5 Å². The summed E-state index contributed by atoms with van der Waals surface area (Å²) in [5.74, 6) is 0. The van der Waals surface area contributed by atoms with E-state index in [-0.39, 0.29) is 5.25 Å². The molecule has 1 nitrogen and oxygen atoms in total. The molecule has 0 aromatic heterocycles. The monoisotopic (exact) mass is 308 g/mol. The van der Waals surface area contributed by atoms with Crippen molar-refractivity contribution in [2.75, 3.05) is 0 Å². The summed E-state index contributed by atoms with van der Waals surface area (Å²) in [6.07, 6.45) is 6.69. The molecule has 4 rings (SSSR count). The maximum absolute atomic E-state index is 12.4. The number of rotatable bonds is 2. The van der Waals surface area contributed by atoms with Crippen LogP contribution < -0.4 is 0 Å². The van der Waals surface area contributed by atoms with Gasteiger partial charge in [-0.1, -0.05) is 67.1 Å². The Hall–Kier alpha value is -1.67. The first-order valence-electron chi connectivity index (χ1n) is 8.08.